The third-order valence-corrected chi connectivity index (χ3v) is 6.27. The maximum Gasteiger partial charge on any atom is 0.231 e. The monoisotopic (exact) mass is 429 g/mol. The average Bonchev–Trinajstić information content (AvgIpc) is 2.82. The molecule has 0 aliphatic carbocycles. The third-order valence-electron chi connectivity index (χ3n) is 6.27. The minimum atomic E-state index is -0.284. The first kappa shape index (κ1) is 22.1. The Bertz CT molecular complexity index is 970. The molecule has 0 saturated carbocycles. The number of nitrogens with zero attached hydrogens (tertiary/aromatic N) is 2. The molecular formula is C27H31N3O2. The first-order valence-corrected chi connectivity index (χ1v) is 11.1. The largest absolute Gasteiger partial charge is 0.496 e. The molecule has 1 aliphatic rings. The SMILES string of the molecule is COc1ccccc1CN1CCN(CC(N)=O)C(C(c2ccccc2)c2ccccc2)C1. The minimum Gasteiger partial charge on any atom is -0.496 e. The predicted molar refractivity (Wildman–Crippen MR) is 128 cm³/mol. The highest BCUT2D eigenvalue weighted by molar-refractivity contribution is 5.76. The molecule has 5 heteroatoms. The quantitative estimate of drug-likeness (QED) is 0.595. The van der Waals surface area contributed by atoms with E-state index in [2.05, 4.69) is 70.5 Å². The number of rotatable bonds is 8. The van der Waals surface area contributed by atoms with Crippen molar-refractivity contribution in [3.05, 3.63) is 102 Å². The van der Waals surface area contributed by atoms with E-state index in [1.165, 1.54) is 16.7 Å². The van der Waals surface area contributed by atoms with Gasteiger partial charge >= 0.3 is 0 Å². The van der Waals surface area contributed by atoms with E-state index in [0.29, 0.717) is 0 Å². The molecule has 1 fully saturated rings. The van der Waals surface area contributed by atoms with Gasteiger partial charge in [0.05, 0.1) is 13.7 Å². The Kier molecular flexibility index (Phi) is 7.20. The standard InChI is InChI=1S/C27H31N3O2/c1-32-25-15-9-8-14-23(25)18-29-16-17-30(20-26(28)31)24(19-29)27(21-10-4-2-5-11-21)22-12-6-3-7-13-22/h2-15,24,27H,16-20H2,1H3,(H2,28,31). The van der Waals surface area contributed by atoms with Crippen LogP contribution in [-0.4, -0.2) is 55.0 Å². The van der Waals surface area contributed by atoms with Crippen LogP contribution in [0, 0.1) is 0 Å². The summed E-state index contributed by atoms with van der Waals surface area (Å²) in [6.07, 6.45) is 0. The molecule has 166 valence electrons. The fraction of sp³-hybridized carbons (Fsp3) is 0.296. The zero-order valence-electron chi connectivity index (χ0n) is 18.6. The Balaban J connectivity index is 1.67. The van der Waals surface area contributed by atoms with Gasteiger partial charge in [-0.3, -0.25) is 14.6 Å². The first-order valence-electron chi connectivity index (χ1n) is 11.1. The van der Waals surface area contributed by atoms with Crippen LogP contribution in [0.4, 0.5) is 0 Å². The molecule has 2 N–H and O–H groups in total. The van der Waals surface area contributed by atoms with E-state index < -0.39 is 0 Å². The normalized spacial score (nSPS) is 17.4. The van der Waals surface area contributed by atoms with Crippen molar-refractivity contribution in [3.8, 4) is 5.75 Å². The lowest BCUT2D eigenvalue weighted by atomic mass is 9.83. The van der Waals surface area contributed by atoms with Crippen LogP contribution in [0.25, 0.3) is 0 Å². The van der Waals surface area contributed by atoms with Crippen LogP contribution < -0.4 is 10.5 Å². The molecule has 0 bridgehead atoms. The number of benzene rings is 3. The molecule has 5 nitrogen and oxygen atoms in total. The van der Waals surface area contributed by atoms with Gasteiger partial charge in [0.1, 0.15) is 5.75 Å². The van der Waals surface area contributed by atoms with E-state index in [1.807, 2.05) is 24.3 Å². The van der Waals surface area contributed by atoms with Crippen LogP contribution >= 0.6 is 0 Å². The molecular weight excluding hydrogens is 398 g/mol. The van der Waals surface area contributed by atoms with Crippen molar-refractivity contribution in [2.24, 2.45) is 5.73 Å². The molecule has 1 heterocycles. The van der Waals surface area contributed by atoms with E-state index in [9.17, 15) is 4.79 Å². The van der Waals surface area contributed by atoms with Gasteiger partial charge in [0.15, 0.2) is 0 Å². The first-order chi connectivity index (χ1) is 15.7. The van der Waals surface area contributed by atoms with Crippen LogP contribution in [0.3, 0.4) is 0 Å². The molecule has 4 rings (SSSR count). The summed E-state index contributed by atoms with van der Waals surface area (Å²) in [6, 6.07) is 29.4. The number of hydrogen-bond donors (Lipinski definition) is 1. The minimum absolute atomic E-state index is 0.121. The molecule has 0 spiro atoms. The maximum atomic E-state index is 11.9. The molecule has 1 aliphatic heterocycles. The van der Waals surface area contributed by atoms with Crippen molar-refractivity contribution in [3.63, 3.8) is 0 Å². The third kappa shape index (κ3) is 5.18. The molecule has 1 amide bonds. The van der Waals surface area contributed by atoms with Crippen LogP contribution in [0.1, 0.15) is 22.6 Å². The van der Waals surface area contributed by atoms with E-state index in [1.54, 1.807) is 7.11 Å². The summed E-state index contributed by atoms with van der Waals surface area (Å²) in [6.45, 7) is 3.57. The average molecular weight is 430 g/mol. The summed E-state index contributed by atoms with van der Waals surface area (Å²) < 4.78 is 5.58. The van der Waals surface area contributed by atoms with E-state index in [-0.39, 0.29) is 24.4 Å². The van der Waals surface area contributed by atoms with Crippen LogP contribution in [0.15, 0.2) is 84.9 Å². The number of amides is 1. The van der Waals surface area contributed by atoms with E-state index in [0.717, 1.165) is 31.9 Å². The lowest BCUT2D eigenvalue weighted by Gasteiger charge is -2.45. The van der Waals surface area contributed by atoms with Crippen molar-refractivity contribution in [2.75, 3.05) is 33.3 Å². The van der Waals surface area contributed by atoms with Gasteiger partial charge < -0.3 is 10.5 Å². The van der Waals surface area contributed by atoms with Crippen molar-refractivity contribution in [1.29, 1.82) is 0 Å². The van der Waals surface area contributed by atoms with Gasteiger partial charge in [-0.25, -0.2) is 0 Å². The molecule has 0 aromatic heterocycles. The number of hydrogen-bond acceptors (Lipinski definition) is 4. The highest BCUT2D eigenvalue weighted by Gasteiger charge is 2.35. The smallest absolute Gasteiger partial charge is 0.231 e. The van der Waals surface area contributed by atoms with Gasteiger partial charge in [0.2, 0.25) is 5.91 Å². The summed E-state index contributed by atoms with van der Waals surface area (Å²) in [4.78, 5) is 16.6. The number of ether oxygens (including phenoxy) is 1. The Morgan fingerprint density at radius 3 is 2.12 bits per heavy atom. The lowest BCUT2D eigenvalue weighted by Crippen LogP contribution is -2.57. The van der Waals surface area contributed by atoms with Gasteiger partial charge in [-0.05, 0) is 17.2 Å². The Hall–Kier alpha value is -3.15. The van der Waals surface area contributed by atoms with Gasteiger partial charge in [-0.1, -0.05) is 78.9 Å². The van der Waals surface area contributed by atoms with Crippen LogP contribution in [-0.2, 0) is 11.3 Å². The second kappa shape index (κ2) is 10.4. The van der Waals surface area contributed by atoms with Gasteiger partial charge in [0, 0.05) is 43.7 Å². The Labute approximate surface area is 190 Å². The highest BCUT2D eigenvalue weighted by Crippen LogP contribution is 2.33. The number of primary amides is 1. The molecule has 3 aromatic rings. The zero-order chi connectivity index (χ0) is 22.3. The van der Waals surface area contributed by atoms with Gasteiger partial charge in [0.25, 0.3) is 0 Å². The Morgan fingerprint density at radius 1 is 0.938 bits per heavy atom. The van der Waals surface area contributed by atoms with Gasteiger partial charge in [-0.15, -0.1) is 0 Å². The van der Waals surface area contributed by atoms with Crippen molar-refractivity contribution in [2.45, 2.75) is 18.5 Å². The molecule has 1 atom stereocenters. The fourth-order valence-electron chi connectivity index (χ4n) is 4.80. The van der Waals surface area contributed by atoms with Crippen molar-refractivity contribution in [1.82, 2.24) is 9.80 Å². The number of methoxy groups -OCH3 is 1. The Morgan fingerprint density at radius 2 is 1.53 bits per heavy atom. The van der Waals surface area contributed by atoms with E-state index >= 15 is 0 Å². The van der Waals surface area contributed by atoms with Gasteiger partial charge in [-0.2, -0.15) is 0 Å². The zero-order valence-corrected chi connectivity index (χ0v) is 18.6. The molecule has 0 radical (unpaired) electrons. The second-order valence-corrected chi connectivity index (χ2v) is 8.35. The summed E-state index contributed by atoms with van der Waals surface area (Å²) in [5.74, 6) is 0.761. The van der Waals surface area contributed by atoms with Crippen molar-refractivity contribution < 1.29 is 9.53 Å². The molecule has 1 saturated heterocycles. The highest BCUT2D eigenvalue weighted by atomic mass is 16.5. The number of piperazine rings is 1. The predicted octanol–water partition coefficient (Wildman–Crippen LogP) is 3.50. The second-order valence-electron chi connectivity index (χ2n) is 8.35. The summed E-state index contributed by atoms with van der Waals surface area (Å²) in [5.41, 5.74) is 9.32. The summed E-state index contributed by atoms with van der Waals surface area (Å²) in [5, 5.41) is 0. The van der Waals surface area contributed by atoms with Crippen molar-refractivity contribution >= 4 is 5.91 Å². The number of para-hydroxylation sites is 1. The molecule has 1 unspecified atom stereocenters. The fourth-order valence-corrected chi connectivity index (χ4v) is 4.80. The van der Waals surface area contributed by atoms with Crippen LogP contribution in [0.2, 0.25) is 0 Å². The molecule has 32 heavy (non-hydrogen) atoms. The number of nitrogens with two attached hydrogens (primary N) is 1. The number of carbonyl (C=O) groups is 1. The molecule has 3 aromatic carbocycles. The lowest BCUT2D eigenvalue weighted by molar-refractivity contribution is -0.120. The maximum absolute atomic E-state index is 11.9. The number of carbonyl (C=O) groups excluding carboxylic acids is 1. The summed E-state index contributed by atoms with van der Waals surface area (Å²) in [7, 11) is 1.72. The summed E-state index contributed by atoms with van der Waals surface area (Å²) >= 11 is 0. The topological polar surface area (TPSA) is 58.8 Å². The van der Waals surface area contributed by atoms with E-state index in [4.69, 9.17) is 10.5 Å². The van der Waals surface area contributed by atoms with Crippen LogP contribution in [0.5, 0.6) is 5.75 Å².